The van der Waals surface area contributed by atoms with Crippen molar-refractivity contribution in [1.29, 1.82) is 5.26 Å². The number of benzene rings is 2. The number of nitrogens with zero attached hydrogens (tertiary/aromatic N) is 1. The van der Waals surface area contributed by atoms with E-state index in [1.165, 1.54) is 18.2 Å². The topological polar surface area (TPSA) is 52.9 Å². The van der Waals surface area contributed by atoms with Gasteiger partial charge in [0.1, 0.15) is 17.4 Å². The number of anilines is 1. The first-order valence-electron chi connectivity index (χ1n) is 6.33. The van der Waals surface area contributed by atoms with Gasteiger partial charge in [-0.25, -0.2) is 4.39 Å². The molecule has 0 heterocycles. The smallest absolute Gasteiger partial charge is 0.237 e. The lowest BCUT2D eigenvalue weighted by Crippen LogP contribution is -2.25. The van der Waals surface area contributed by atoms with E-state index in [4.69, 9.17) is 5.26 Å². The molecule has 1 N–H and O–H groups in total. The normalized spacial score (nSPS) is 11.5. The molecule has 0 spiro atoms. The lowest BCUT2D eigenvalue weighted by atomic mass is 10.1. The summed E-state index contributed by atoms with van der Waals surface area (Å²) in [6, 6.07) is 15.3. The molecule has 1 unspecified atom stereocenters. The van der Waals surface area contributed by atoms with Crippen molar-refractivity contribution < 1.29 is 9.18 Å². The van der Waals surface area contributed by atoms with Crippen LogP contribution in [0.15, 0.2) is 48.5 Å². The Kier molecular flexibility index (Phi) is 4.96. The molecule has 2 aromatic carbocycles. The minimum absolute atomic E-state index is 0.162. The summed E-state index contributed by atoms with van der Waals surface area (Å²) in [5.74, 6) is -1.03. The average molecular weight is 300 g/mol. The highest BCUT2D eigenvalue weighted by atomic mass is 32.1. The number of nitrogens with one attached hydrogen (secondary N) is 1. The highest BCUT2D eigenvalue weighted by molar-refractivity contribution is 7.81. The van der Waals surface area contributed by atoms with Crippen LogP contribution >= 0.6 is 12.6 Å². The van der Waals surface area contributed by atoms with Gasteiger partial charge in [0.25, 0.3) is 0 Å². The molecule has 0 radical (unpaired) electrons. The van der Waals surface area contributed by atoms with Crippen molar-refractivity contribution in [1.82, 2.24) is 0 Å². The molecule has 2 rings (SSSR count). The Bertz CT molecular complexity index is 682. The van der Waals surface area contributed by atoms with Crippen LogP contribution < -0.4 is 5.32 Å². The molecule has 2 aromatic rings. The van der Waals surface area contributed by atoms with E-state index in [1.54, 1.807) is 6.07 Å². The van der Waals surface area contributed by atoms with Crippen molar-refractivity contribution in [3.05, 3.63) is 65.5 Å². The van der Waals surface area contributed by atoms with E-state index in [-0.39, 0.29) is 17.2 Å². The Hall–Kier alpha value is -2.32. The van der Waals surface area contributed by atoms with Gasteiger partial charge in [-0.3, -0.25) is 4.79 Å². The summed E-state index contributed by atoms with van der Waals surface area (Å²) in [7, 11) is 0. The fraction of sp³-hybridized carbons (Fsp3) is 0.125. The molecule has 1 amide bonds. The minimum atomic E-state index is -0.658. The van der Waals surface area contributed by atoms with Crippen LogP contribution in [0.1, 0.15) is 11.1 Å². The predicted octanol–water partition coefficient (Wildman–Crippen LogP) is 3.18. The van der Waals surface area contributed by atoms with Gasteiger partial charge in [-0.1, -0.05) is 36.4 Å². The summed E-state index contributed by atoms with van der Waals surface area (Å²) in [6.07, 6.45) is 0.451. The number of rotatable bonds is 4. The fourth-order valence-corrected chi connectivity index (χ4v) is 2.16. The van der Waals surface area contributed by atoms with Crippen molar-refractivity contribution in [3.63, 3.8) is 0 Å². The molecule has 21 heavy (non-hydrogen) atoms. The van der Waals surface area contributed by atoms with Crippen molar-refractivity contribution in [3.8, 4) is 6.07 Å². The number of amides is 1. The molecule has 0 saturated carbocycles. The first-order chi connectivity index (χ1) is 10.1. The van der Waals surface area contributed by atoms with E-state index < -0.39 is 11.1 Å². The molecule has 0 aliphatic carbocycles. The van der Waals surface area contributed by atoms with Crippen LogP contribution in [0.2, 0.25) is 0 Å². The van der Waals surface area contributed by atoms with Crippen LogP contribution in [0.3, 0.4) is 0 Å². The largest absolute Gasteiger partial charge is 0.324 e. The summed E-state index contributed by atoms with van der Waals surface area (Å²) in [5, 5.41) is 10.9. The van der Waals surface area contributed by atoms with Crippen molar-refractivity contribution in [2.75, 3.05) is 5.32 Å². The number of thiol groups is 1. The van der Waals surface area contributed by atoms with Crippen LogP contribution in [-0.2, 0) is 11.2 Å². The summed E-state index contributed by atoms with van der Waals surface area (Å²) >= 11 is 4.27. The third kappa shape index (κ3) is 3.83. The standard InChI is InChI=1S/C16H13FN2OS/c17-13-7-4-8-14(12(13)10-18)19-16(20)15(21)9-11-5-2-1-3-6-11/h1-8,15,21H,9H2,(H,19,20). The summed E-state index contributed by atoms with van der Waals surface area (Å²) in [5.41, 5.74) is 0.966. The molecule has 0 fully saturated rings. The second-order valence-electron chi connectivity index (χ2n) is 4.47. The molecule has 0 aromatic heterocycles. The molecule has 3 nitrogen and oxygen atoms in total. The first kappa shape index (κ1) is 15.1. The molecular formula is C16H13FN2OS. The fourth-order valence-electron chi connectivity index (χ4n) is 1.89. The zero-order chi connectivity index (χ0) is 15.2. The van der Waals surface area contributed by atoms with Gasteiger partial charge in [0.15, 0.2) is 0 Å². The van der Waals surface area contributed by atoms with Crippen LogP contribution in [0.5, 0.6) is 0 Å². The van der Waals surface area contributed by atoms with Gasteiger partial charge in [-0.15, -0.1) is 0 Å². The number of hydrogen-bond donors (Lipinski definition) is 2. The van der Waals surface area contributed by atoms with Gasteiger partial charge < -0.3 is 5.32 Å². The molecule has 0 aliphatic rings. The molecule has 5 heteroatoms. The molecular weight excluding hydrogens is 287 g/mol. The first-order valence-corrected chi connectivity index (χ1v) is 6.85. The SMILES string of the molecule is N#Cc1c(F)cccc1NC(=O)C(S)Cc1ccccc1. The van der Waals surface area contributed by atoms with Crippen LogP contribution in [0.4, 0.5) is 10.1 Å². The summed E-state index contributed by atoms with van der Waals surface area (Å²) in [4.78, 5) is 12.1. The highest BCUT2D eigenvalue weighted by Crippen LogP contribution is 2.19. The van der Waals surface area contributed by atoms with Crippen LogP contribution in [0, 0.1) is 17.1 Å². The van der Waals surface area contributed by atoms with Gasteiger partial charge in [-0.2, -0.15) is 17.9 Å². The Morgan fingerprint density at radius 1 is 1.24 bits per heavy atom. The second-order valence-corrected chi connectivity index (χ2v) is 5.09. The van der Waals surface area contributed by atoms with E-state index in [1.807, 2.05) is 30.3 Å². The third-order valence-electron chi connectivity index (χ3n) is 2.96. The van der Waals surface area contributed by atoms with E-state index in [0.29, 0.717) is 6.42 Å². The van der Waals surface area contributed by atoms with E-state index in [9.17, 15) is 9.18 Å². The number of hydrogen-bond acceptors (Lipinski definition) is 3. The number of halogens is 1. The minimum Gasteiger partial charge on any atom is -0.324 e. The van der Waals surface area contributed by atoms with Gasteiger partial charge in [-0.05, 0) is 24.1 Å². The maximum absolute atomic E-state index is 13.5. The van der Waals surface area contributed by atoms with Gasteiger partial charge in [0.2, 0.25) is 5.91 Å². The summed E-state index contributed by atoms with van der Waals surface area (Å²) < 4.78 is 13.5. The van der Waals surface area contributed by atoms with E-state index >= 15 is 0 Å². The predicted molar refractivity (Wildman–Crippen MR) is 82.7 cm³/mol. The second kappa shape index (κ2) is 6.91. The lowest BCUT2D eigenvalue weighted by molar-refractivity contribution is -0.115. The molecule has 1 atom stereocenters. The number of nitriles is 1. The van der Waals surface area contributed by atoms with Crippen LogP contribution in [0.25, 0.3) is 0 Å². The van der Waals surface area contributed by atoms with Crippen LogP contribution in [-0.4, -0.2) is 11.2 Å². The van der Waals surface area contributed by atoms with Crippen molar-refractivity contribution in [2.24, 2.45) is 0 Å². The Labute approximate surface area is 127 Å². The lowest BCUT2D eigenvalue weighted by Gasteiger charge is -2.12. The number of carbonyl (C=O) groups excluding carboxylic acids is 1. The average Bonchev–Trinajstić information content (AvgIpc) is 2.48. The zero-order valence-electron chi connectivity index (χ0n) is 11.1. The van der Waals surface area contributed by atoms with E-state index in [2.05, 4.69) is 17.9 Å². The Balaban J connectivity index is 2.08. The highest BCUT2D eigenvalue weighted by Gasteiger charge is 2.17. The maximum atomic E-state index is 13.5. The Morgan fingerprint density at radius 3 is 2.62 bits per heavy atom. The quantitative estimate of drug-likeness (QED) is 0.852. The monoisotopic (exact) mass is 300 g/mol. The molecule has 106 valence electrons. The maximum Gasteiger partial charge on any atom is 0.237 e. The molecule has 0 aliphatic heterocycles. The van der Waals surface area contributed by atoms with Crippen molar-refractivity contribution in [2.45, 2.75) is 11.7 Å². The Morgan fingerprint density at radius 2 is 1.95 bits per heavy atom. The van der Waals surface area contributed by atoms with Gasteiger partial charge >= 0.3 is 0 Å². The van der Waals surface area contributed by atoms with E-state index in [0.717, 1.165) is 5.56 Å². The van der Waals surface area contributed by atoms with Gasteiger partial charge in [0, 0.05) is 0 Å². The zero-order valence-corrected chi connectivity index (χ0v) is 12.0. The van der Waals surface area contributed by atoms with Crippen molar-refractivity contribution >= 4 is 24.2 Å². The molecule has 0 bridgehead atoms. The summed E-state index contributed by atoms with van der Waals surface area (Å²) in [6.45, 7) is 0. The van der Waals surface area contributed by atoms with Gasteiger partial charge in [0.05, 0.1) is 10.9 Å². The third-order valence-corrected chi connectivity index (χ3v) is 3.37. The number of carbonyl (C=O) groups is 1. The molecule has 0 saturated heterocycles.